The molecule has 3 rings (SSSR count). The first kappa shape index (κ1) is 18.5. The lowest BCUT2D eigenvalue weighted by atomic mass is 10.1. The molecule has 0 spiro atoms. The summed E-state index contributed by atoms with van der Waals surface area (Å²) in [5, 5.41) is 0. The van der Waals surface area contributed by atoms with Crippen molar-refractivity contribution in [2.75, 3.05) is 0 Å². The van der Waals surface area contributed by atoms with Crippen LogP contribution in [0.2, 0.25) is 0 Å². The number of aryl methyl sites for hydroxylation is 2. The number of aliphatic imine (C=N–C) groups is 1. The van der Waals surface area contributed by atoms with Gasteiger partial charge in [0.25, 0.3) is 0 Å². The molecule has 0 aromatic heterocycles. The maximum atomic E-state index is 6.01. The molecular weight excluding hydrogens is 334 g/mol. The topological polar surface area (TPSA) is 30.8 Å². The quantitative estimate of drug-likeness (QED) is 0.301. The normalized spacial score (nSPS) is 12.0. The average molecular weight is 357 g/mol. The van der Waals surface area contributed by atoms with Crippen LogP contribution >= 0.6 is 0 Å². The Labute approximate surface area is 160 Å². The van der Waals surface area contributed by atoms with Crippen LogP contribution in [0.3, 0.4) is 0 Å². The fraction of sp³-hybridized carbons (Fsp3) is 0.125. The van der Waals surface area contributed by atoms with E-state index >= 15 is 0 Å². The molecule has 3 heteroatoms. The van der Waals surface area contributed by atoms with Crippen LogP contribution in [0.4, 0.5) is 5.69 Å². The summed E-state index contributed by atoms with van der Waals surface area (Å²) in [5.41, 5.74) is 4.04. The third-order valence-electron chi connectivity index (χ3n) is 4.13. The Kier molecular flexibility index (Phi) is 6.06. The first-order valence-corrected chi connectivity index (χ1v) is 8.89. The maximum Gasteiger partial charge on any atom is 0.225 e. The Morgan fingerprint density at radius 3 is 2.11 bits per heavy atom. The highest BCUT2D eigenvalue weighted by molar-refractivity contribution is 5.96. The number of hydrogen-bond donors (Lipinski definition) is 0. The van der Waals surface area contributed by atoms with Crippen LogP contribution in [0.15, 0.2) is 95.7 Å². The summed E-state index contributed by atoms with van der Waals surface area (Å²) in [4.78, 5) is 4.64. The van der Waals surface area contributed by atoms with Crippen molar-refractivity contribution in [2.45, 2.75) is 20.8 Å². The Balaban J connectivity index is 1.86. The minimum absolute atomic E-state index is 0.497. The third-order valence-corrected chi connectivity index (χ3v) is 4.13. The van der Waals surface area contributed by atoms with Crippen LogP contribution in [0.1, 0.15) is 18.1 Å². The van der Waals surface area contributed by atoms with E-state index in [2.05, 4.69) is 18.8 Å². The van der Waals surface area contributed by atoms with E-state index in [1.165, 1.54) is 11.1 Å². The summed E-state index contributed by atoms with van der Waals surface area (Å²) < 4.78 is 11.9. The molecular formula is C24H23NO2. The Hall–Kier alpha value is -3.33. The third kappa shape index (κ3) is 5.32. The van der Waals surface area contributed by atoms with Gasteiger partial charge in [-0.1, -0.05) is 42.5 Å². The van der Waals surface area contributed by atoms with E-state index in [-0.39, 0.29) is 0 Å². The lowest BCUT2D eigenvalue weighted by Crippen LogP contribution is -2.10. The highest BCUT2D eigenvalue weighted by Gasteiger charge is 2.08. The summed E-state index contributed by atoms with van der Waals surface area (Å²) >= 11 is 0. The van der Waals surface area contributed by atoms with Crippen LogP contribution in [0, 0.1) is 13.8 Å². The van der Waals surface area contributed by atoms with Gasteiger partial charge in [0.1, 0.15) is 11.5 Å². The molecule has 0 bridgehead atoms. The number of ether oxygens (including phenoxy) is 2. The van der Waals surface area contributed by atoms with Gasteiger partial charge >= 0.3 is 0 Å². The second-order valence-electron chi connectivity index (χ2n) is 6.33. The molecule has 0 atom stereocenters. The van der Waals surface area contributed by atoms with Crippen molar-refractivity contribution in [1.29, 1.82) is 0 Å². The second-order valence-corrected chi connectivity index (χ2v) is 6.33. The zero-order valence-electron chi connectivity index (χ0n) is 15.8. The van der Waals surface area contributed by atoms with Crippen LogP contribution in [0.25, 0.3) is 0 Å². The van der Waals surface area contributed by atoms with Crippen molar-refractivity contribution in [2.24, 2.45) is 4.99 Å². The first-order valence-electron chi connectivity index (χ1n) is 8.89. The van der Waals surface area contributed by atoms with Gasteiger partial charge in [-0.05, 0) is 68.3 Å². The molecule has 0 N–H and O–H groups in total. The molecule has 0 aliphatic heterocycles. The van der Waals surface area contributed by atoms with Gasteiger partial charge in [0.05, 0.1) is 11.9 Å². The molecule has 0 aliphatic carbocycles. The van der Waals surface area contributed by atoms with Gasteiger partial charge in [0, 0.05) is 5.57 Å². The average Bonchev–Trinajstić information content (AvgIpc) is 2.70. The molecule has 0 aliphatic rings. The van der Waals surface area contributed by atoms with E-state index < -0.39 is 0 Å². The summed E-state index contributed by atoms with van der Waals surface area (Å²) in [7, 11) is 0. The zero-order chi connectivity index (χ0) is 19.1. The van der Waals surface area contributed by atoms with Crippen LogP contribution in [0.5, 0.6) is 11.5 Å². The predicted octanol–water partition coefficient (Wildman–Crippen LogP) is 6.40. The molecule has 0 heterocycles. The van der Waals surface area contributed by atoms with E-state index in [1.54, 1.807) is 6.26 Å². The zero-order valence-corrected chi connectivity index (χ0v) is 15.8. The largest absolute Gasteiger partial charge is 0.465 e. The molecule has 3 nitrogen and oxygen atoms in total. The molecule has 0 saturated carbocycles. The SMILES string of the molecule is CC(=COc1ccc(C)c(C)c1)/C(=N\c1ccccc1)Oc1ccccc1. The van der Waals surface area contributed by atoms with Gasteiger partial charge in [0.2, 0.25) is 5.90 Å². The fourth-order valence-corrected chi connectivity index (χ4v) is 2.41. The smallest absolute Gasteiger partial charge is 0.225 e. The van der Waals surface area contributed by atoms with Crippen LogP contribution in [-0.4, -0.2) is 5.90 Å². The Morgan fingerprint density at radius 1 is 0.778 bits per heavy atom. The van der Waals surface area contributed by atoms with Crippen molar-refractivity contribution in [3.05, 3.63) is 102 Å². The van der Waals surface area contributed by atoms with Gasteiger partial charge < -0.3 is 9.47 Å². The van der Waals surface area contributed by atoms with Gasteiger partial charge in [-0.2, -0.15) is 0 Å². The number of benzene rings is 3. The highest BCUT2D eigenvalue weighted by atomic mass is 16.5. The number of para-hydroxylation sites is 2. The predicted molar refractivity (Wildman–Crippen MR) is 111 cm³/mol. The van der Waals surface area contributed by atoms with Crippen LogP contribution in [-0.2, 0) is 0 Å². The summed E-state index contributed by atoms with van der Waals surface area (Å²) in [6.07, 6.45) is 1.68. The minimum atomic E-state index is 0.497. The van der Waals surface area contributed by atoms with Crippen molar-refractivity contribution in [3.63, 3.8) is 0 Å². The molecule has 0 amide bonds. The van der Waals surface area contributed by atoms with Gasteiger partial charge in [-0.25, -0.2) is 4.99 Å². The van der Waals surface area contributed by atoms with Crippen molar-refractivity contribution in [1.82, 2.24) is 0 Å². The molecule has 136 valence electrons. The number of nitrogens with zero attached hydrogens (tertiary/aromatic N) is 1. The lowest BCUT2D eigenvalue weighted by molar-refractivity contribution is 0.473. The molecule has 0 radical (unpaired) electrons. The van der Waals surface area contributed by atoms with E-state index in [1.807, 2.05) is 85.8 Å². The summed E-state index contributed by atoms with van der Waals surface area (Å²) in [6.45, 7) is 6.07. The van der Waals surface area contributed by atoms with E-state index in [4.69, 9.17) is 9.47 Å². The monoisotopic (exact) mass is 357 g/mol. The first-order chi connectivity index (χ1) is 13.1. The number of rotatable bonds is 5. The van der Waals surface area contributed by atoms with E-state index in [0.29, 0.717) is 5.90 Å². The molecule has 0 saturated heterocycles. The van der Waals surface area contributed by atoms with E-state index in [0.717, 1.165) is 22.8 Å². The van der Waals surface area contributed by atoms with Crippen molar-refractivity contribution >= 4 is 11.6 Å². The number of hydrogen-bond acceptors (Lipinski definition) is 3. The van der Waals surface area contributed by atoms with Crippen LogP contribution < -0.4 is 9.47 Å². The maximum absolute atomic E-state index is 6.01. The Morgan fingerprint density at radius 2 is 1.44 bits per heavy atom. The van der Waals surface area contributed by atoms with Crippen molar-refractivity contribution < 1.29 is 9.47 Å². The van der Waals surface area contributed by atoms with Gasteiger partial charge in [-0.3, -0.25) is 0 Å². The summed E-state index contributed by atoms with van der Waals surface area (Å²) in [5.74, 6) is 2.01. The fourth-order valence-electron chi connectivity index (χ4n) is 2.41. The van der Waals surface area contributed by atoms with E-state index in [9.17, 15) is 0 Å². The second kappa shape index (κ2) is 8.86. The van der Waals surface area contributed by atoms with Crippen molar-refractivity contribution in [3.8, 4) is 11.5 Å². The molecule has 3 aromatic rings. The lowest BCUT2D eigenvalue weighted by Gasteiger charge is -2.10. The minimum Gasteiger partial charge on any atom is -0.465 e. The highest BCUT2D eigenvalue weighted by Crippen LogP contribution is 2.19. The summed E-state index contributed by atoms with van der Waals surface area (Å²) in [6, 6.07) is 25.4. The molecule has 27 heavy (non-hydrogen) atoms. The standard InChI is InChI=1S/C24H23NO2/c1-18-14-15-23(16-19(18)2)26-17-20(3)24(25-21-10-6-4-7-11-21)27-22-12-8-5-9-13-22/h4-17H,1-3H3/b20-17?,25-24+. The van der Waals surface area contributed by atoms with Gasteiger partial charge in [0.15, 0.2) is 0 Å². The Bertz CT molecular complexity index is 945. The van der Waals surface area contributed by atoms with Gasteiger partial charge in [-0.15, -0.1) is 0 Å². The molecule has 3 aromatic carbocycles. The molecule has 0 fully saturated rings. The molecule has 0 unspecified atom stereocenters.